The van der Waals surface area contributed by atoms with Crippen LogP contribution in [0, 0.1) is 0 Å². The zero-order valence-electron chi connectivity index (χ0n) is 6.79. The lowest BCUT2D eigenvalue weighted by atomic mass is 10.0. The number of epoxide rings is 1. The van der Waals surface area contributed by atoms with Gasteiger partial charge in [0.05, 0.1) is 6.61 Å². The van der Waals surface area contributed by atoms with E-state index in [2.05, 4.69) is 4.74 Å². The van der Waals surface area contributed by atoms with E-state index in [1.807, 2.05) is 0 Å². The molecule has 0 saturated carbocycles. The zero-order valence-corrected chi connectivity index (χ0v) is 6.79. The van der Waals surface area contributed by atoms with Gasteiger partial charge in [0.2, 0.25) is 0 Å². The fourth-order valence-corrected chi connectivity index (χ4v) is 0.820. The molecule has 15 heavy (non-hydrogen) atoms. The van der Waals surface area contributed by atoms with E-state index in [0.29, 0.717) is 0 Å². The Balaban J connectivity index is 2.92. The standard InChI is InChI=1S/C6H4F8O/c7-3(2-1-15-2)4(8,9)5(10,11)6(12,13)14/h2-3H,1H2. The SMILES string of the molecule is FC(C1CO1)C(F)(F)C(F)(F)C(F)(F)F. The van der Waals surface area contributed by atoms with Crippen LogP contribution < -0.4 is 0 Å². The largest absolute Gasteiger partial charge is 0.459 e. The fourth-order valence-electron chi connectivity index (χ4n) is 0.820. The Morgan fingerprint density at radius 1 is 1.00 bits per heavy atom. The predicted molar refractivity (Wildman–Crippen MR) is 30.6 cm³/mol. The second kappa shape index (κ2) is 3.19. The number of hydrogen-bond donors (Lipinski definition) is 0. The first-order valence-electron chi connectivity index (χ1n) is 3.60. The minimum atomic E-state index is -6.50. The number of ether oxygens (including phenoxy) is 1. The van der Waals surface area contributed by atoms with E-state index in [1.165, 1.54) is 0 Å². The van der Waals surface area contributed by atoms with Crippen LogP contribution in [0.1, 0.15) is 0 Å². The Bertz CT molecular complexity index is 242. The lowest BCUT2D eigenvalue weighted by molar-refractivity contribution is -0.366. The molecule has 1 aliphatic rings. The number of hydrogen-bond acceptors (Lipinski definition) is 1. The molecule has 0 bridgehead atoms. The van der Waals surface area contributed by atoms with E-state index < -0.39 is 36.9 Å². The molecular formula is C6H4F8O. The molecule has 2 atom stereocenters. The maximum absolute atomic E-state index is 12.5. The predicted octanol–water partition coefficient (Wildman–Crippen LogP) is 2.56. The second-order valence-corrected chi connectivity index (χ2v) is 2.97. The Kier molecular flexibility index (Phi) is 2.65. The Hall–Kier alpha value is -0.600. The van der Waals surface area contributed by atoms with Gasteiger partial charge in [-0.25, -0.2) is 4.39 Å². The molecule has 0 amide bonds. The van der Waals surface area contributed by atoms with Gasteiger partial charge in [-0.05, 0) is 0 Å². The van der Waals surface area contributed by atoms with Gasteiger partial charge in [0.1, 0.15) is 6.10 Å². The minimum Gasteiger partial charge on any atom is -0.370 e. The van der Waals surface area contributed by atoms with Crippen LogP contribution in [-0.4, -0.2) is 36.9 Å². The lowest BCUT2D eigenvalue weighted by Gasteiger charge is -2.29. The maximum Gasteiger partial charge on any atom is 0.459 e. The van der Waals surface area contributed by atoms with Gasteiger partial charge < -0.3 is 4.74 Å². The highest BCUT2D eigenvalue weighted by Crippen LogP contribution is 2.50. The van der Waals surface area contributed by atoms with E-state index >= 15 is 0 Å². The van der Waals surface area contributed by atoms with Gasteiger partial charge in [-0.3, -0.25) is 0 Å². The van der Waals surface area contributed by atoms with Crippen molar-refractivity contribution < 1.29 is 39.9 Å². The third-order valence-electron chi connectivity index (χ3n) is 1.81. The highest BCUT2D eigenvalue weighted by atomic mass is 19.4. The van der Waals surface area contributed by atoms with Crippen LogP contribution in [0.5, 0.6) is 0 Å². The first-order valence-corrected chi connectivity index (χ1v) is 3.60. The average molecular weight is 244 g/mol. The summed E-state index contributed by atoms with van der Waals surface area (Å²) in [6.45, 7) is -0.593. The molecule has 0 aromatic heterocycles. The molecule has 0 N–H and O–H groups in total. The summed E-state index contributed by atoms with van der Waals surface area (Å²) in [5.41, 5.74) is 0. The zero-order chi connectivity index (χ0) is 12.1. The summed E-state index contributed by atoms with van der Waals surface area (Å²) < 4.78 is 100. The van der Waals surface area contributed by atoms with Crippen molar-refractivity contribution in [2.75, 3.05) is 6.61 Å². The molecule has 1 rings (SSSR count). The summed E-state index contributed by atoms with van der Waals surface area (Å²) in [6.07, 6.45) is -12.1. The molecule has 0 aliphatic carbocycles. The maximum atomic E-state index is 12.5. The van der Waals surface area contributed by atoms with Crippen molar-refractivity contribution in [1.29, 1.82) is 0 Å². The van der Waals surface area contributed by atoms with Crippen LogP contribution in [0.4, 0.5) is 35.1 Å². The summed E-state index contributed by atoms with van der Waals surface area (Å²) >= 11 is 0. The first-order chi connectivity index (χ1) is 6.52. The van der Waals surface area contributed by atoms with E-state index in [9.17, 15) is 35.1 Å². The number of rotatable bonds is 3. The van der Waals surface area contributed by atoms with E-state index in [-0.39, 0.29) is 0 Å². The molecule has 1 saturated heterocycles. The molecule has 1 fully saturated rings. The van der Waals surface area contributed by atoms with Crippen molar-refractivity contribution in [1.82, 2.24) is 0 Å². The summed E-state index contributed by atoms with van der Waals surface area (Å²) in [5, 5.41) is 0. The van der Waals surface area contributed by atoms with Crippen LogP contribution in [0.2, 0.25) is 0 Å². The van der Waals surface area contributed by atoms with E-state index in [4.69, 9.17) is 0 Å². The highest BCUT2D eigenvalue weighted by Gasteiger charge is 2.77. The Morgan fingerprint density at radius 3 is 1.67 bits per heavy atom. The van der Waals surface area contributed by atoms with Gasteiger partial charge in [-0.1, -0.05) is 0 Å². The smallest absolute Gasteiger partial charge is 0.370 e. The van der Waals surface area contributed by atoms with Crippen molar-refractivity contribution in [3.8, 4) is 0 Å². The number of halogens is 8. The van der Waals surface area contributed by atoms with Gasteiger partial charge in [0.15, 0.2) is 6.17 Å². The molecule has 90 valence electrons. The first kappa shape index (κ1) is 12.5. The molecular weight excluding hydrogens is 240 g/mol. The number of alkyl halides is 8. The van der Waals surface area contributed by atoms with Crippen molar-refractivity contribution in [2.24, 2.45) is 0 Å². The van der Waals surface area contributed by atoms with Gasteiger partial charge in [-0.2, -0.15) is 30.7 Å². The fraction of sp³-hybridized carbons (Fsp3) is 1.00. The van der Waals surface area contributed by atoms with Crippen molar-refractivity contribution in [3.05, 3.63) is 0 Å². The van der Waals surface area contributed by atoms with Crippen LogP contribution in [-0.2, 0) is 4.74 Å². The Morgan fingerprint density at radius 2 is 1.40 bits per heavy atom. The molecule has 0 aromatic rings. The summed E-state index contributed by atoms with van der Waals surface area (Å²) in [6, 6.07) is 0. The molecule has 9 heteroatoms. The summed E-state index contributed by atoms with van der Waals surface area (Å²) in [4.78, 5) is 0. The van der Waals surface area contributed by atoms with Crippen molar-refractivity contribution in [2.45, 2.75) is 30.3 Å². The quantitative estimate of drug-likeness (QED) is 0.549. The Labute approximate surface area is 78.0 Å². The molecule has 0 radical (unpaired) electrons. The minimum absolute atomic E-state index is 0.593. The molecule has 2 unspecified atom stereocenters. The van der Waals surface area contributed by atoms with Crippen LogP contribution in [0.15, 0.2) is 0 Å². The van der Waals surface area contributed by atoms with Crippen molar-refractivity contribution >= 4 is 0 Å². The van der Waals surface area contributed by atoms with Crippen LogP contribution >= 0.6 is 0 Å². The van der Waals surface area contributed by atoms with E-state index in [0.717, 1.165) is 0 Å². The molecule has 1 heterocycles. The molecule has 0 aromatic carbocycles. The third-order valence-corrected chi connectivity index (χ3v) is 1.81. The monoisotopic (exact) mass is 244 g/mol. The van der Waals surface area contributed by atoms with Gasteiger partial charge in [0.25, 0.3) is 0 Å². The molecule has 0 spiro atoms. The van der Waals surface area contributed by atoms with Gasteiger partial charge in [-0.15, -0.1) is 0 Å². The van der Waals surface area contributed by atoms with Gasteiger partial charge in [0, 0.05) is 0 Å². The third kappa shape index (κ3) is 1.88. The topological polar surface area (TPSA) is 12.5 Å². The molecule has 1 aliphatic heterocycles. The molecule has 1 nitrogen and oxygen atoms in total. The lowest BCUT2D eigenvalue weighted by Crippen LogP contribution is -2.57. The van der Waals surface area contributed by atoms with Crippen LogP contribution in [0.25, 0.3) is 0 Å². The summed E-state index contributed by atoms with van der Waals surface area (Å²) in [7, 11) is 0. The van der Waals surface area contributed by atoms with Crippen LogP contribution in [0.3, 0.4) is 0 Å². The summed E-state index contributed by atoms with van der Waals surface area (Å²) in [5.74, 6) is -12.2. The second-order valence-electron chi connectivity index (χ2n) is 2.97. The average Bonchev–Trinajstić information content (AvgIpc) is 2.82. The van der Waals surface area contributed by atoms with Gasteiger partial charge >= 0.3 is 18.0 Å². The van der Waals surface area contributed by atoms with Crippen molar-refractivity contribution in [3.63, 3.8) is 0 Å². The normalized spacial score (nSPS) is 25.2. The highest BCUT2D eigenvalue weighted by molar-refractivity contribution is 5.01. The van der Waals surface area contributed by atoms with E-state index in [1.54, 1.807) is 0 Å².